The number of ether oxygens (including phenoxy) is 1. The molecule has 1 amide bonds. The Bertz CT molecular complexity index is 993. The van der Waals surface area contributed by atoms with Gasteiger partial charge in [-0.3, -0.25) is 14.5 Å². The molecular formula is C24H29FN4O3. The molecule has 2 aromatic rings. The van der Waals surface area contributed by atoms with Gasteiger partial charge in [0.25, 0.3) is 5.91 Å². The third-order valence-electron chi connectivity index (χ3n) is 6.24. The lowest BCUT2D eigenvalue weighted by Gasteiger charge is -2.31. The van der Waals surface area contributed by atoms with Gasteiger partial charge in [0.1, 0.15) is 11.9 Å². The largest absolute Gasteiger partial charge is 0.466 e. The van der Waals surface area contributed by atoms with Crippen LogP contribution >= 0.6 is 0 Å². The number of likely N-dealkylation sites (tertiary alicyclic amines) is 1. The average molecular weight is 441 g/mol. The molecule has 0 radical (unpaired) electrons. The van der Waals surface area contributed by atoms with Crippen LogP contribution in [0.2, 0.25) is 0 Å². The highest BCUT2D eigenvalue weighted by atomic mass is 19.1. The molecule has 0 saturated carbocycles. The van der Waals surface area contributed by atoms with Gasteiger partial charge < -0.3 is 9.30 Å². The first-order valence-electron chi connectivity index (χ1n) is 11.1. The van der Waals surface area contributed by atoms with Crippen molar-refractivity contribution in [3.8, 4) is 0 Å². The summed E-state index contributed by atoms with van der Waals surface area (Å²) in [4.78, 5) is 27.3. The molecule has 1 fully saturated rings. The van der Waals surface area contributed by atoms with E-state index in [0.717, 1.165) is 17.0 Å². The van der Waals surface area contributed by atoms with Crippen molar-refractivity contribution in [1.82, 2.24) is 14.5 Å². The van der Waals surface area contributed by atoms with Crippen LogP contribution in [0.1, 0.15) is 43.5 Å². The standard InChI is InChI=1S/C24H29FN4O3/c1-3-32-24(31)18-10-13-28(14-11-18)16-23(30)29-22(21-5-4-12-27(21)2)15-20(26-29)17-6-8-19(25)9-7-17/h4-9,12,18,22H,3,10-11,13-16H2,1-2H3. The number of aryl methyl sites for hydroxylation is 1. The Morgan fingerprint density at radius 3 is 2.50 bits per heavy atom. The van der Waals surface area contributed by atoms with Gasteiger partial charge in [0.15, 0.2) is 0 Å². The van der Waals surface area contributed by atoms with Crippen molar-refractivity contribution in [2.24, 2.45) is 18.1 Å². The highest BCUT2D eigenvalue weighted by Crippen LogP contribution is 2.33. The van der Waals surface area contributed by atoms with Crippen LogP contribution in [0, 0.1) is 11.7 Å². The molecule has 3 heterocycles. The van der Waals surface area contributed by atoms with Crippen molar-refractivity contribution < 1.29 is 18.7 Å². The van der Waals surface area contributed by atoms with Crippen LogP contribution in [-0.2, 0) is 21.4 Å². The van der Waals surface area contributed by atoms with Gasteiger partial charge in [-0.05, 0) is 62.7 Å². The van der Waals surface area contributed by atoms with E-state index < -0.39 is 0 Å². The molecule has 32 heavy (non-hydrogen) atoms. The summed E-state index contributed by atoms with van der Waals surface area (Å²) in [6.07, 6.45) is 3.91. The Balaban J connectivity index is 1.47. The molecule has 7 nitrogen and oxygen atoms in total. The van der Waals surface area contributed by atoms with E-state index in [0.29, 0.717) is 39.0 Å². The monoisotopic (exact) mass is 440 g/mol. The van der Waals surface area contributed by atoms with E-state index in [1.807, 2.05) is 36.9 Å². The maximum atomic E-state index is 13.4. The van der Waals surface area contributed by atoms with Gasteiger partial charge in [-0.2, -0.15) is 5.10 Å². The quantitative estimate of drug-likeness (QED) is 0.648. The molecule has 0 spiro atoms. The number of rotatable bonds is 6. The molecule has 1 aromatic heterocycles. The van der Waals surface area contributed by atoms with Gasteiger partial charge in [-0.15, -0.1) is 0 Å². The number of halogens is 1. The molecule has 1 unspecified atom stereocenters. The average Bonchev–Trinajstić information content (AvgIpc) is 3.41. The minimum Gasteiger partial charge on any atom is -0.466 e. The van der Waals surface area contributed by atoms with Crippen LogP contribution in [0.25, 0.3) is 0 Å². The fourth-order valence-corrected chi connectivity index (χ4v) is 4.46. The fraction of sp³-hybridized carbons (Fsp3) is 0.458. The topological polar surface area (TPSA) is 67.1 Å². The SMILES string of the molecule is CCOC(=O)C1CCN(CC(=O)N2N=C(c3ccc(F)cc3)CC2c2cccn2C)CC1. The summed E-state index contributed by atoms with van der Waals surface area (Å²) in [5, 5.41) is 6.24. The zero-order valence-electron chi connectivity index (χ0n) is 18.5. The Morgan fingerprint density at radius 2 is 1.88 bits per heavy atom. The molecule has 1 atom stereocenters. The molecule has 0 aliphatic carbocycles. The Labute approximate surface area is 187 Å². The van der Waals surface area contributed by atoms with Crippen LogP contribution < -0.4 is 0 Å². The van der Waals surface area contributed by atoms with E-state index >= 15 is 0 Å². The second-order valence-corrected chi connectivity index (χ2v) is 8.36. The number of esters is 1. The first kappa shape index (κ1) is 22.2. The molecule has 2 aliphatic heterocycles. The van der Waals surface area contributed by atoms with Crippen molar-refractivity contribution in [1.29, 1.82) is 0 Å². The number of hydrogen-bond acceptors (Lipinski definition) is 5. The minimum absolute atomic E-state index is 0.0807. The van der Waals surface area contributed by atoms with E-state index in [4.69, 9.17) is 4.74 Å². The lowest BCUT2D eigenvalue weighted by Crippen LogP contribution is -2.43. The number of benzene rings is 1. The van der Waals surface area contributed by atoms with Gasteiger partial charge >= 0.3 is 5.97 Å². The van der Waals surface area contributed by atoms with Crippen molar-refractivity contribution in [2.45, 2.75) is 32.2 Å². The number of piperidine rings is 1. The van der Waals surface area contributed by atoms with Crippen LogP contribution in [0.5, 0.6) is 0 Å². The lowest BCUT2D eigenvalue weighted by atomic mass is 9.97. The fourth-order valence-electron chi connectivity index (χ4n) is 4.46. The number of amides is 1. The zero-order valence-corrected chi connectivity index (χ0v) is 18.5. The first-order valence-corrected chi connectivity index (χ1v) is 11.1. The van der Waals surface area contributed by atoms with E-state index in [1.54, 1.807) is 17.1 Å². The number of aromatic nitrogens is 1. The Kier molecular flexibility index (Phi) is 6.69. The van der Waals surface area contributed by atoms with Crippen molar-refractivity contribution in [3.05, 3.63) is 59.7 Å². The molecule has 2 aliphatic rings. The predicted octanol–water partition coefficient (Wildman–Crippen LogP) is 3.12. The van der Waals surface area contributed by atoms with Gasteiger partial charge in [-0.1, -0.05) is 12.1 Å². The summed E-state index contributed by atoms with van der Waals surface area (Å²) in [5.74, 6) is -0.615. The number of carbonyl (C=O) groups excluding carboxylic acids is 2. The minimum atomic E-state index is -0.300. The number of carbonyl (C=O) groups is 2. The van der Waals surface area contributed by atoms with Crippen LogP contribution in [0.4, 0.5) is 4.39 Å². The van der Waals surface area contributed by atoms with Gasteiger partial charge in [-0.25, -0.2) is 9.40 Å². The zero-order chi connectivity index (χ0) is 22.7. The summed E-state index contributed by atoms with van der Waals surface area (Å²) in [6, 6.07) is 9.96. The second-order valence-electron chi connectivity index (χ2n) is 8.36. The highest BCUT2D eigenvalue weighted by molar-refractivity contribution is 6.03. The smallest absolute Gasteiger partial charge is 0.309 e. The van der Waals surface area contributed by atoms with Gasteiger partial charge in [0.05, 0.1) is 24.8 Å². The van der Waals surface area contributed by atoms with Gasteiger partial charge in [0, 0.05) is 25.4 Å². The summed E-state index contributed by atoms with van der Waals surface area (Å²) in [7, 11) is 1.95. The molecule has 0 bridgehead atoms. The normalized spacial score (nSPS) is 19.8. The van der Waals surface area contributed by atoms with Crippen LogP contribution in [-0.4, -0.2) is 58.3 Å². The van der Waals surface area contributed by atoms with Crippen molar-refractivity contribution in [3.63, 3.8) is 0 Å². The van der Waals surface area contributed by atoms with E-state index in [9.17, 15) is 14.0 Å². The maximum Gasteiger partial charge on any atom is 0.309 e. The molecule has 1 aromatic carbocycles. The summed E-state index contributed by atoms with van der Waals surface area (Å²) < 4.78 is 20.5. The third kappa shape index (κ3) is 4.75. The third-order valence-corrected chi connectivity index (χ3v) is 6.24. The van der Waals surface area contributed by atoms with Crippen molar-refractivity contribution >= 4 is 17.6 Å². The summed E-state index contributed by atoms with van der Waals surface area (Å²) in [6.45, 7) is 3.79. The lowest BCUT2D eigenvalue weighted by molar-refractivity contribution is -0.149. The molecular weight excluding hydrogens is 411 g/mol. The van der Waals surface area contributed by atoms with Crippen LogP contribution in [0.15, 0.2) is 47.7 Å². The first-order chi connectivity index (χ1) is 15.5. The summed E-state index contributed by atoms with van der Waals surface area (Å²) >= 11 is 0. The molecule has 8 heteroatoms. The number of hydrazone groups is 1. The van der Waals surface area contributed by atoms with E-state index in [1.165, 1.54) is 12.1 Å². The van der Waals surface area contributed by atoms with Crippen molar-refractivity contribution in [2.75, 3.05) is 26.2 Å². The number of hydrogen-bond donors (Lipinski definition) is 0. The number of nitrogens with zero attached hydrogens (tertiary/aromatic N) is 4. The van der Waals surface area contributed by atoms with Gasteiger partial charge in [0.2, 0.25) is 0 Å². The molecule has 1 saturated heterocycles. The maximum absolute atomic E-state index is 13.4. The predicted molar refractivity (Wildman–Crippen MR) is 118 cm³/mol. The van der Waals surface area contributed by atoms with E-state index in [-0.39, 0.29) is 36.2 Å². The molecule has 170 valence electrons. The Hall–Kier alpha value is -3.00. The highest BCUT2D eigenvalue weighted by Gasteiger charge is 2.36. The summed E-state index contributed by atoms with van der Waals surface area (Å²) in [5.41, 5.74) is 2.59. The Morgan fingerprint density at radius 1 is 1.16 bits per heavy atom. The second kappa shape index (κ2) is 9.65. The van der Waals surface area contributed by atoms with E-state index in [2.05, 4.69) is 10.0 Å². The van der Waals surface area contributed by atoms with Crippen LogP contribution in [0.3, 0.4) is 0 Å². The molecule has 4 rings (SSSR count). The molecule has 0 N–H and O–H groups in total.